The van der Waals surface area contributed by atoms with Gasteiger partial charge < -0.3 is 14.6 Å². The van der Waals surface area contributed by atoms with Gasteiger partial charge in [0, 0.05) is 0 Å². The Labute approximate surface area is 113 Å². The highest BCUT2D eigenvalue weighted by Crippen LogP contribution is 2.39. The Kier molecular flexibility index (Phi) is 5.25. The second kappa shape index (κ2) is 6.47. The van der Waals surface area contributed by atoms with Crippen molar-refractivity contribution in [3.63, 3.8) is 0 Å². The molecule has 0 aliphatic carbocycles. The Morgan fingerprint density at radius 1 is 1.28 bits per heavy atom. The number of alkyl halides is 2. The van der Waals surface area contributed by atoms with E-state index in [1.807, 2.05) is 0 Å². The molecule has 7 heteroatoms. The highest BCUT2D eigenvalue weighted by Gasteiger charge is 2.21. The van der Waals surface area contributed by atoms with E-state index in [0.29, 0.717) is 0 Å². The zero-order valence-corrected chi connectivity index (χ0v) is 10.9. The number of aromatic hydroxyl groups is 1. The Balaban J connectivity index is 3.26. The van der Waals surface area contributed by atoms with Crippen LogP contribution in [0.3, 0.4) is 0 Å². The molecule has 0 saturated heterocycles. The summed E-state index contributed by atoms with van der Waals surface area (Å²) >= 11 is 10.7. The number of esters is 1. The highest BCUT2D eigenvalue weighted by atomic mass is 35.5. The standard InChI is InChI=1S/C11H10Cl2O5/c1-17-8-3-2-6(7(14)4-12)10(16)11(8)18-9(15)5-13/h2-3,16H,4-5H2,1H3. The first-order valence-electron chi connectivity index (χ1n) is 4.80. The van der Waals surface area contributed by atoms with Crippen molar-refractivity contribution in [1.29, 1.82) is 0 Å². The van der Waals surface area contributed by atoms with Gasteiger partial charge in [0.05, 0.1) is 18.6 Å². The van der Waals surface area contributed by atoms with Crippen molar-refractivity contribution in [2.24, 2.45) is 0 Å². The van der Waals surface area contributed by atoms with E-state index >= 15 is 0 Å². The molecule has 0 heterocycles. The second-order valence-electron chi connectivity index (χ2n) is 3.16. The van der Waals surface area contributed by atoms with Crippen molar-refractivity contribution < 1.29 is 24.2 Å². The first kappa shape index (κ1) is 14.6. The molecule has 0 bridgehead atoms. The quantitative estimate of drug-likeness (QED) is 0.389. The van der Waals surface area contributed by atoms with Crippen LogP contribution in [-0.2, 0) is 4.79 Å². The smallest absolute Gasteiger partial charge is 0.326 e. The summed E-state index contributed by atoms with van der Waals surface area (Å²) in [6.07, 6.45) is 0. The average molecular weight is 293 g/mol. The number of ether oxygens (including phenoxy) is 2. The SMILES string of the molecule is COc1ccc(C(=O)CCl)c(O)c1OC(=O)CCl. The third-order valence-electron chi connectivity index (χ3n) is 2.06. The zero-order valence-electron chi connectivity index (χ0n) is 9.41. The number of carbonyl (C=O) groups excluding carboxylic acids is 2. The zero-order chi connectivity index (χ0) is 13.7. The minimum Gasteiger partial charge on any atom is -0.504 e. The molecule has 0 radical (unpaired) electrons. The molecule has 5 nitrogen and oxygen atoms in total. The fourth-order valence-electron chi connectivity index (χ4n) is 1.25. The molecular weight excluding hydrogens is 283 g/mol. The maximum atomic E-state index is 11.4. The van der Waals surface area contributed by atoms with Gasteiger partial charge in [-0.3, -0.25) is 9.59 Å². The van der Waals surface area contributed by atoms with Gasteiger partial charge in [0.1, 0.15) is 5.88 Å². The molecule has 0 aromatic heterocycles. The van der Waals surface area contributed by atoms with Crippen LogP contribution in [0.15, 0.2) is 12.1 Å². The minimum atomic E-state index is -0.777. The summed E-state index contributed by atoms with van der Waals surface area (Å²) < 4.78 is 9.73. The number of methoxy groups -OCH3 is 1. The van der Waals surface area contributed by atoms with Crippen LogP contribution in [0.5, 0.6) is 17.2 Å². The summed E-state index contributed by atoms with van der Waals surface area (Å²) in [6.45, 7) is 0. The van der Waals surface area contributed by atoms with E-state index in [4.69, 9.17) is 32.7 Å². The van der Waals surface area contributed by atoms with Gasteiger partial charge in [0.2, 0.25) is 5.75 Å². The van der Waals surface area contributed by atoms with Gasteiger partial charge in [0.15, 0.2) is 17.3 Å². The Hall–Kier alpha value is -1.46. The summed E-state index contributed by atoms with van der Waals surface area (Å²) in [7, 11) is 1.33. The van der Waals surface area contributed by atoms with E-state index in [2.05, 4.69) is 0 Å². The van der Waals surface area contributed by atoms with Crippen LogP contribution in [-0.4, -0.2) is 35.7 Å². The van der Waals surface area contributed by atoms with Crippen molar-refractivity contribution in [2.75, 3.05) is 18.9 Å². The van der Waals surface area contributed by atoms with Crippen molar-refractivity contribution in [3.05, 3.63) is 17.7 Å². The summed E-state index contributed by atoms with van der Waals surface area (Å²) in [6, 6.07) is 2.72. The molecule has 0 fully saturated rings. The van der Waals surface area contributed by atoms with Crippen LogP contribution in [0.4, 0.5) is 0 Å². The minimum absolute atomic E-state index is 0.0526. The van der Waals surface area contributed by atoms with E-state index < -0.39 is 23.4 Å². The molecule has 1 aromatic carbocycles. The molecule has 0 aliphatic rings. The lowest BCUT2D eigenvalue weighted by molar-refractivity contribution is -0.131. The number of benzene rings is 1. The molecule has 1 aromatic rings. The van der Waals surface area contributed by atoms with Crippen molar-refractivity contribution in [2.45, 2.75) is 0 Å². The lowest BCUT2D eigenvalue weighted by Crippen LogP contribution is -2.11. The third kappa shape index (κ3) is 3.05. The molecule has 0 atom stereocenters. The van der Waals surface area contributed by atoms with Crippen molar-refractivity contribution >= 4 is 35.0 Å². The van der Waals surface area contributed by atoms with E-state index in [0.717, 1.165) is 0 Å². The lowest BCUT2D eigenvalue weighted by atomic mass is 10.1. The number of carbonyl (C=O) groups is 2. The molecule has 0 saturated carbocycles. The molecule has 0 amide bonds. The van der Waals surface area contributed by atoms with E-state index in [1.54, 1.807) is 0 Å². The van der Waals surface area contributed by atoms with Crippen LogP contribution in [0.1, 0.15) is 10.4 Å². The van der Waals surface area contributed by atoms with Crippen LogP contribution in [0, 0.1) is 0 Å². The van der Waals surface area contributed by atoms with Gasteiger partial charge in [-0.05, 0) is 12.1 Å². The lowest BCUT2D eigenvalue weighted by Gasteiger charge is -2.12. The van der Waals surface area contributed by atoms with Crippen molar-refractivity contribution in [1.82, 2.24) is 0 Å². The number of phenols is 1. The van der Waals surface area contributed by atoms with Crippen molar-refractivity contribution in [3.8, 4) is 17.2 Å². The second-order valence-corrected chi connectivity index (χ2v) is 3.69. The fourth-order valence-corrected chi connectivity index (χ4v) is 1.45. The van der Waals surface area contributed by atoms with E-state index in [9.17, 15) is 14.7 Å². The summed E-state index contributed by atoms with van der Waals surface area (Å²) in [5.41, 5.74) is -0.0526. The van der Waals surface area contributed by atoms with Gasteiger partial charge in [-0.25, -0.2) is 0 Å². The van der Waals surface area contributed by atoms with Crippen LogP contribution < -0.4 is 9.47 Å². The summed E-state index contributed by atoms with van der Waals surface area (Å²) in [5.74, 6) is -2.62. The Morgan fingerprint density at radius 2 is 1.94 bits per heavy atom. The number of halogens is 2. The molecule has 1 rings (SSSR count). The summed E-state index contributed by atoms with van der Waals surface area (Å²) in [4.78, 5) is 22.6. The number of hydrogen-bond acceptors (Lipinski definition) is 5. The van der Waals surface area contributed by atoms with Gasteiger partial charge in [-0.2, -0.15) is 0 Å². The Bertz CT molecular complexity index is 473. The van der Waals surface area contributed by atoms with Crippen LogP contribution >= 0.6 is 23.2 Å². The predicted molar refractivity (Wildman–Crippen MR) is 66.1 cm³/mol. The fraction of sp³-hybridized carbons (Fsp3) is 0.273. The molecule has 0 spiro atoms. The van der Waals surface area contributed by atoms with Gasteiger partial charge in [-0.15, -0.1) is 23.2 Å². The Morgan fingerprint density at radius 3 is 2.44 bits per heavy atom. The van der Waals surface area contributed by atoms with Crippen LogP contribution in [0.25, 0.3) is 0 Å². The number of rotatable bonds is 5. The number of phenolic OH excluding ortho intramolecular Hbond substituents is 1. The first-order chi connectivity index (χ1) is 8.54. The third-order valence-corrected chi connectivity index (χ3v) is 2.52. The predicted octanol–water partition coefficient (Wildman–Crippen LogP) is 1.97. The molecule has 18 heavy (non-hydrogen) atoms. The maximum Gasteiger partial charge on any atom is 0.326 e. The normalized spacial score (nSPS) is 9.94. The van der Waals surface area contributed by atoms with Gasteiger partial charge >= 0.3 is 5.97 Å². The number of Topliss-reactive ketones (excluding diaryl/α,β-unsaturated/α-hetero) is 1. The summed E-state index contributed by atoms with van der Waals surface area (Å²) in [5, 5.41) is 9.87. The molecule has 98 valence electrons. The molecule has 0 aliphatic heterocycles. The number of ketones is 1. The highest BCUT2D eigenvalue weighted by molar-refractivity contribution is 6.31. The molecular formula is C11H10Cl2O5. The van der Waals surface area contributed by atoms with Gasteiger partial charge in [-0.1, -0.05) is 0 Å². The van der Waals surface area contributed by atoms with E-state index in [1.165, 1.54) is 19.2 Å². The first-order valence-corrected chi connectivity index (χ1v) is 5.87. The molecule has 0 unspecified atom stereocenters. The molecule has 1 N–H and O–H groups in total. The topological polar surface area (TPSA) is 72.8 Å². The van der Waals surface area contributed by atoms with E-state index in [-0.39, 0.29) is 22.9 Å². The monoisotopic (exact) mass is 292 g/mol. The average Bonchev–Trinajstić information content (AvgIpc) is 2.39. The number of hydrogen-bond donors (Lipinski definition) is 1. The van der Waals surface area contributed by atoms with Gasteiger partial charge in [0.25, 0.3) is 0 Å². The largest absolute Gasteiger partial charge is 0.504 e. The maximum absolute atomic E-state index is 11.4. The van der Waals surface area contributed by atoms with Crippen LogP contribution in [0.2, 0.25) is 0 Å².